The molecule has 0 aromatic rings. The Bertz CT molecular complexity index is 215. The van der Waals surface area contributed by atoms with Gasteiger partial charge in [-0.2, -0.15) is 0 Å². The van der Waals surface area contributed by atoms with Gasteiger partial charge in [0.15, 0.2) is 0 Å². The lowest BCUT2D eigenvalue weighted by Crippen LogP contribution is -2.42. The van der Waals surface area contributed by atoms with E-state index in [-0.39, 0.29) is 6.42 Å². The number of alkyl halides is 2. The molecule has 0 bridgehead atoms. The smallest absolute Gasteiger partial charge is 0.308 e. The molecule has 2 N–H and O–H groups in total. The van der Waals surface area contributed by atoms with E-state index in [1.54, 1.807) is 0 Å². The van der Waals surface area contributed by atoms with Gasteiger partial charge in [-0.05, 0) is 25.8 Å². The highest BCUT2D eigenvalue weighted by atomic mass is 19.3. The molecule has 1 rings (SSSR count). The third-order valence-corrected chi connectivity index (χ3v) is 2.56. The van der Waals surface area contributed by atoms with E-state index in [0.29, 0.717) is 19.5 Å². The Morgan fingerprint density at radius 2 is 2.29 bits per heavy atom. The van der Waals surface area contributed by atoms with Gasteiger partial charge < -0.3 is 10.4 Å². The number of rotatable bonds is 3. The van der Waals surface area contributed by atoms with Crippen LogP contribution in [0.25, 0.3) is 0 Å². The highest BCUT2D eigenvalue weighted by Crippen LogP contribution is 2.31. The summed E-state index contributed by atoms with van der Waals surface area (Å²) in [5.74, 6) is -4.83. The summed E-state index contributed by atoms with van der Waals surface area (Å²) in [5, 5.41) is 11.7. The summed E-state index contributed by atoms with van der Waals surface area (Å²) in [7, 11) is 0. The molecule has 0 saturated carbocycles. The lowest BCUT2D eigenvalue weighted by atomic mass is 9.82. The zero-order valence-electron chi connectivity index (χ0n) is 8.09. The summed E-state index contributed by atoms with van der Waals surface area (Å²) in [6.07, 6.45) is 0.187. The van der Waals surface area contributed by atoms with Crippen molar-refractivity contribution >= 4 is 5.97 Å². The number of hydrogen-bond acceptors (Lipinski definition) is 2. The highest BCUT2D eigenvalue weighted by molar-refractivity contribution is 5.70. The van der Waals surface area contributed by atoms with Gasteiger partial charge in [0.2, 0.25) is 5.92 Å². The molecule has 2 unspecified atom stereocenters. The molecule has 3 nitrogen and oxygen atoms in total. The number of nitrogens with one attached hydrogen (secondary N) is 1. The minimum Gasteiger partial charge on any atom is -0.481 e. The summed E-state index contributed by atoms with van der Waals surface area (Å²) in [5.41, 5.74) is 0. The Kier molecular flexibility index (Phi) is 3.42. The van der Waals surface area contributed by atoms with Gasteiger partial charge >= 0.3 is 5.97 Å². The van der Waals surface area contributed by atoms with Gasteiger partial charge in [0.1, 0.15) is 0 Å². The van der Waals surface area contributed by atoms with Gasteiger partial charge in [0, 0.05) is 13.0 Å². The Balaban J connectivity index is 2.59. The van der Waals surface area contributed by atoms with Crippen molar-refractivity contribution in [3.8, 4) is 0 Å². The van der Waals surface area contributed by atoms with Gasteiger partial charge in [0.25, 0.3) is 0 Å². The third-order valence-electron chi connectivity index (χ3n) is 2.56. The second-order valence-corrected chi connectivity index (χ2v) is 3.97. The normalized spacial score (nSPS) is 28.8. The van der Waals surface area contributed by atoms with Crippen molar-refractivity contribution in [1.29, 1.82) is 0 Å². The average molecular weight is 207 g/mol. The zero-order valence-corrected chi connectivity index (χ0v) is 8.09. The maximum absolute atomic E-state index is 12.7. The van der Waals surface area contributed by atoms with Crippen LogP contribution in [0.2, 0.25) is 0 Å². The summed E-state index contributed by atoms with van der Waals surface area (Å²) in [6, 6.07) is 0. The molecule has 0 aliphatic carbocycles. The van der Waals surface area contributed by atoms with Crippen molar-refractivity contribution in [3.63, 3.8) is 0 Å². The van der Waals surface area contributed by atoms with Crippen LogP contribution in [0.3, 0.4) is 0 Å². The molecule has 1 fully saturated rings. The highest BCUT2D eigenvalue weighted by Gasteiger charge is 2.36. The van der Waals surface area contributed by atoms with Gasteiger partial charge in [-0.25, -0.2) is 8.78 Å². The quantitative estimate of drug-likeness (QED) is 0.734. The van der Waals surface area contributed by atoms with Crippen molar-refractivity contribution in [1.82, 2.24) is 5.32 Å². The summed E-state index contributed by atoms with van der Waals surface area (Å²) in [6.45, 7) is 1.77. The van der Waals surface area contributed by atoms with Crippen molar-refractivity contribution in [2.45, 2.75) is 25.7 Å². The minimum absolute atomic E-state index is 0.302. The minimum atomic E-state index is -2.77. The van der Waals surface area contributed by atoms with Crippen LogP contribution in [0, 0.1) is 11.8 Å². The Morgan fingerprint density at radius 3 is 2.79 bits per heavy atom. The predicted molar refractivity (Wildman–Crippen MR) is 47.3 cm³/mol. The van der Waals surface area contributed by atoms with Crippen LogP contribution in [0.4, 0.5) is 8.78 Å². The molecule has 14 heavy (non-hydrogen) atoms. The Morgan fingerprint density at radius 1 is 1.64 bits per heavy atom. The fraction of sp³-hybridized carbons (Fsp3) is 0.889. The van der Waals surface area contributed by atoms with Crippen LogP contribution < -0.4 is 5.32 Å². The Hall–Kier alpha value is -0.710. The fourth-order valence-electron chi connectivity index (χ4n) is 1.91. The molecule has 5 heteroatoms. The van der Waals surface area contributed by atoms with Gasteiger partial charge in [-0.3, -0.25) is 4.79 Å². The molecule has 1 aliphatic heterocycles. The first-order valence-corrected chi connectivity index (χ1v) is 4.71. The number of hydrogen-bond donors (Lipinski definition) is 2. The van der Waals surface area contributed by atoms with Gasteiger partial charge in [0.05, 0.1) is 5.92 Å². The number of carboxylic acids is 1. The summed E-state index contributed by atoms with van der Waals surface area (Å²) >= 11 is 0. The molecular weight excluding hydrogens is 192 g/mol. The number of carbonyl (C=O) groups is 1. The molecule has 0 aromatic heterocycles. The number of halogens is 2. The van der Waals surface area contributed by atoms with E-state index in [0.717, 1.165) is 6.92 Å². The average Bonchev–Trinajstić information content (AvgIpc) is 2.01. The topological polar surface area (TPSA) is 49.3 Å². The number of carboxylic acid groups (broad SMARTS) is 1. The van der Waals surface area contributed by atoms with Crippen LogP contribution in [-0.4, -0.2) is 30.1 Å². The van der Waals surface area contributed by atoms with Gasteiger partial charge in [-0.15, -0.1) is 0 Å². The predicted octanol–water partition coefficient (Wildman–Crippen LogP) is 1.34. The molecule has 82 valence electrons. The van der Waals surface area contributed by atoms with Crippen molar-refractivity contribution < 1.29 is 18.7 Å². The second kappa shape index (κ2) is 4.21. The van der Waals surface area contributed by atoms with Crippen molar-refractivity contribution in [2.24, 2.45) is 11.8 Å². The van der Waals surface area contributed by atoms with E-state index in [2.05, 4.69) is 5.32 Å². The van der Waals surface area contributed by atoms with E-state index in [1.165, 1.54) is 0 Å². The molecular formula is C9H15F2NO2. The molecule has 1 heterocycles. The summed E-state index contributed by atoms with van der Waals surface area (Å²) in [4.78, 5) is 10.8. The van der Waals surface area contributed by atoms with Crippen LogP contribution in [-0.2, 0) is 4.79 Å². The van der Waals surface area contributed by atoms with E-state index in [9.17, 15) is 13.6 Å². The maximum Gasteiger partial charge on any atom is 0.308 e. The number of aliphatic carboxylic acids is 1. The van der Waals surface area contributed by atoms with Crippen molar-refractivity contribution in [2.75, 3.05) is 13.1 Å². The van der Waals surface area contributed by atoms with Crippen LogP contribution in [0.5, 0.6) is 0 Å². The fourth-order valence-corrected chi connectivity index (χ4v) is 1.91. The molecule has 0 amide bonds. The lowest BCUT2D eigenvalue weighted by Gasteiger charge is -2.30. The van der Waals surface area contributed by atoms with Crippen molar-refractivity contribution in [3.05, 3.63) is 0 Å². The lowest BCUT2D eigenvalue weighted by molar-refractivity contribution is -0.145. The Labute approximate surface area is 81.5 Å². The third kappa shape index (κ3) is 3.21. The van der Waals surface area contributed by atoms with Crippen LogP contribution in [0.1, 0.15) is 19.8 Å². The van der Waals surface area contributed by atoms with Crippen LogP contribution in [0.15, 0.2) is 0 Å². The SMILES string of the molecule is CC(F)(F)CC1CCNCC1C(=O)O. The molecule has 0 aromatic carbocycles. The van der Waals surface area contributed by atoms with E-state index in [1.807, 2.05) is 0 Å². The monoisotopic (exact) mass is 207 g/mol. The first kappa shape index (κ1) is 11.4. The zero-order chi connectivity index (χ0) is 10.8. The number of piperidine rings is 1. The van der Waals surface area contributed by atoms with E-state index in [4.69, 9.17) is 5.11 Å². The molecule has 0 radical (unpaired) electrons. The first-order valence-electron chi connectivity index (χ1n) is 4.71. The summed E-state index contributed by atoms with van der Waals surface area (Å²) < 4.78 is 25.5. The largest absolute Gasteiger partial charge is 0.481 e. The van der Waals surface area contributed by atoms with Crippen LogP contribution >= 0.6 is 0 Å². The second-order valence-electron chi connectivity index (χ2n) is 3.97. The van der Waals surface area contributed by atoms with E-state index >= 15 is 0 Å². The standard InChI is InChI=1S/C9H15F2NO2/c1-9(10,11)4-6-2-3-12-5-7(6)8(13)14/h6-7,12H,2-5H2,1H3,(H,13,14). The maximum atomic E-state index is 12.7. The molecule has 2 atom stereocenters. The van der Waals surface area contributed by atoms with E-state index < -0.39 is 23.7 Å². The van der Waals surface area contributed by atoms with Gasteiger partial charge in [-0.1, -0.05) is 0 Å². The molecule has 1 aliphatic rings. The molecule has 0 spiro atoms. The first-order chi connectivity index (χ1) is 6.40. The molecule has 1 saturated heterocycles.